The van der Waals surface area contributed by atoms with Crippen molar-refractivity contribution in [3.63, 3.8) is 0 Å². The number of furan rings is 1. The zero-order valence-electron chi connectivity index (χ0n) is 15.8. The lowest BCUT2D eigenvalue weighted by atomic mass is 10.2. The van der Waals surface area contributed by atoms with Crippen molar-refractivity contribution in [2.75, 3.05) is 49.6 Å². The Labute approximate surface area is 154 Å². The SMILES string of the molecule is CCCCN(C)c1nc(C)cc(N2CCN(C(=O)c3ccco3)CC2)n1. The summed E-state index contributed by atoms with van der Waals surface area (Å²) in [5.74, 6) is 2.05. The normalized spacial score (nSPS) is 14.6. The van der Waals surface area contributed by atoms with Crippen LogP contribution in [-0.2, 0) is 0 Å². The first-order valence-electron chi connectivity index (χ1n) is 9.23. The number of carbonyl (C=O) groups excluding carboxylic acids is 1. The predicted octanol–water partition coefficient (Wildman–Crippen LogP) is 2.58. The van der Waals surface area contributed by atoms with Crippen molar-refractivity contribution >= 4 is 17.7 Å². The third-order valence-corrected chi connectivity index (χ3v) is 4.64. The molecule has 0 radical (unpaired) electrons. The van der Waals surface area contributed by atoms with E-state index in [2.05, 4.69) is 21.7 Å². The van der Waals surface area contributed by atoms with Gasteiger partial charge in [-0.25, -0.2) is 4.98 Å². The molecule has 2 aromatic heterocycles. The molecular weight excluding hydrogens is 330 g/mol. The molecule has 1 saturated heterocycles. The lowest BCUT2D eigenvalue weighted by molar-refractivity contribution is 0.0714. The number of nitrogens with zero attached hydrogens (tertiary/aromatic N) is 5. The lowest BCUT2D eigenvalue weighted by Crippen LogP contribution is -2.49. The molecule has 7 heteroatoms. The molecule has 1 fully saturated rings. The largest absolute Gasteiger partial charge is 0.459 e. The molecule has 0 atom stereocenters. The van der Waals surface area contributed by atoms with Crippen LogP contribution in [0, 0.1) is 6.92 Å². The summed E-state index contributed by atoms with van der Waals surface area (Å²) in [4.78, 5) is 27.9. The Balaban J connectivity index is 1.65. The molecule has 0 bridgehead atoms. The Morgan fingerprint density at radius 1 is 1.27 bits per heavy atom. The van der Waals surface area contributed by atoms with Gasteiger partial charge in [0.1, 0.15) is 5.82 Å². The minimum Gasteiger partial charge on any atom is -0.459 e. The van der Waals surface area contributed by atoms with Crippen molar-refractivity contribution in [3.8, 4) is 0 Å². The molecule has 140 valence electrons. The van der Waals surface area contributed by atoms with Crippen LogP contribution >= 0.6 is 0 Å². The van der Waals surface area contributed by atoms with Crippen LogP contribution in [0.2, 0.25) is 0 Å². The molecule has 26 heavy (non-hydrogen) atoms. The van der Waals surface area contributed by atoms with Crippen LogP contribution in [0.4, 0.5) is 11.8 Å². The number of amides is 1. The molecular formula is C19H27N5O2. The second-order valence-electron chi connectivity index (χ2n) is 6.70. The van der Waals surface area contributed by atoms with Crippen LogP contribution in [-0.4, -0.2) is 60.5 Å². The summed E-state index contributed by atoms with van der Waals surface area (Å²) in [6, 6.07) is 5.46. The summed E-state index contributed by atoms with van der Waals surface area (Å²) < 4.78 is 5.22. The van der Waals surface area contributed by atoms with E-state index in [1.165, 1.54) is 6.26 Å². The average molecular weight is 357 g/mol. The van der Waals surface area contributed by atoms with Gasteiger partial charge < -0.3 is 19.1 Å². The molecule has 1 amide bonds. The highest BCUT2D eigenvalue weighted by atomic mass is 16.3. The highest BCUT2D eigenvalue weighted by molar-refractivity contribution is 5.91. The van der Waals surface area contributed by atoms with Gasteiger partial charge in [0.2, 0.25) is 5.95 Å². The van der Waals surface area contributed by atoms with Gasteiger partial charge in [0, 0.05) is 51.5 Å². The Bertz CT molecular complexity index is 724. The fraction of sp³-hybridized carbons (Fsp3) is 0.526. The quantitative estimate of drug-likeness (QED) is 0.792. The first-order valence-corrected chi connectivity index (χ1v) is 9.23. The van der Waals surface area contributed by atoms with E-state index >= 15 is 0 Å². The van der Waals surface area contributed by atoms with E-state index in [0.29, 0.717) is 18.8 Å². The summed E-state index contributed by atoms with van der Waals surface area (Å²) >= 11 is 0. The van der Waals surface area contributed by atoms with Crippen molar-refractivity contribution in [2.24, 2.45) is 0 Å². The van der Waals surface area contributed by atoms with Crippen LogP contribution in [0.5, 0.6) is 0 Å². The van der Waals surface area contributed by atoms with Crippen molar-refractivity contribution in [3.05, 3.63) is 35.9 Å². The molecule has 0 aromatic carbocycles. The van der Waals surface area contributed by atoms with Gasteiger partial charge in [-0.05, 0) is 25.5 Å². The molecule has 7 nitrogen and oxygen atoms in total. The first-order chi connectivity index (χ1) is 12.6. The number of hydrogen-bond acceptors (Lipinski definition) is 6. The molecule has 0 saturated carbocycles. The van der Waals surface area contributed by atoms with Gasteiger partial charge >= 0.3 is 0 Å². The summed E-state index contributed by atoms with van der Waals surface area (Å²) in [7, 11) is 2.04. The highest BCUT2D eigenvalue weighted by Gasteiger charge is 2.24. The van der Waals surface area contributed by atoms with E-state index < -0.39 is 0 Å². The second-order valence-corrected chi connectivity index (χ2v) is 6.70. The minimum atomic E-state index is -0.0477. The zero-order chi connectivity index (χ0) is 18.5. The smallest absolute Gasteiger partial charge is 0.289 e. The monoisotopic (exact) mass is 357 g/mol. The standard InChI is InChI=1S/C19H27N5O2/c1-4-5-8-22(3)19-20-15(2)14-17(21-19)23-9-11-24(12-10-23)18(25)16-7-6-13-26-16/h6-7,13-14H,4-5,8-12H2,1-3H3. The Morgan fingerprint density at radius 3 is 2.69 bits per heavy atom. The second kappa shape index (κ2) is 8.21. The third-order valence-electron chi connectivity index (χ3n) is 4.64. The molecule has 1 aliphatic heterocycles. The van der Waals surface area contributed by atoms with Crippen LogP contribution in [0.1, 0.15) is 36.0 Å². The van der Waals surface area contributed by atoms with E-state index in [4.69, 9.17) is 9.40 Å². The third kappa shape index (κ3) is 4.15. The number of rotatable bonds is 6. The van der Waals surface area contributed by atoms with Gasteiger partial charge in [-0.3, -0.25) is 4.79 Å². The Morgan fingerprint density at radius 2 is 2.04 bits per heavy atom. The predicted molar refractivity (Wildman–Crippen MR) is 102 cm³/mol. The lowest BCUT2D eigenvalue weighted by Gasteiger charge is -2.35. The van der Waals surface area contributed by atoms with Crippen molar-refractivity contribution < 1.29 is 9.21 Å². The maximum Gasteiger partial charge on any atom is 0.289 e. The van der Waals surface area contributed by atoms with Gasteiger partial charge in [0.15, 0.2) is 5.76 Å². The van der Waals surface area contributed by atoms with E-state index in [1.807, 2.05) is 24.9 Å². The van der Waals surface area contributed by atoms with Gasteiger partial charge in [0.25, 0.3) is 5.91 Å². The summed E-state index contributed by atoms with van der Waals surface area (Å²) in [6.45, 7) is 7.94. The van der Waals surface area contributed by atoms with Crippen LogP contribution in [0.3, 0.4) is 0 Å². The average Bonchev–Trinajstić information content (AvgIpc) is 3.20. The van der Waals surface area contributed by atoms with Gasteiger partial charge in [-0.1, -0.05) is 13.3 Å². The Kier molecular flexibility index (Phi) is 5.75. The van der Waals surface area contributed by atoms with Crippen molar-refractivity contribution in [1.29, 1.82) is 0 Å². The maximum absolute atomic E-state index is 12.4. The number of aryl methyl sites for hydroxylation is 1. The fourth-order valence-electron chi connectivity index (χ4n) is 3.06. The summed E-state index contributed by atoms with van der Waals surface area (Å²) in [5, 5.41) is 0. The molecule has 3 rings (SSSR count). The maximum atomic E-state index is 12.4. The van der Waals surface area contributed by atoms with E-state index in [1.54, 1.807) is 12.1 Å². The van der Waals surface area contributed by atoms with Crippen molar-refractivity contribution in [1.82, 2.24) is 14.9 Å². The number of anilines is 2. The molecule has 1 aliphatic rings. The topological polar surface area (TPSA) is 65.7 Å². The number of hydrogen-bond donors (Lipinski definition) is 0. The summed E-state index contributed by atoms with van der Waals surface area (Å²) in [5.41, 5.74) is 0.961. The molecule has 0 spiro atoms. The zero-order valence-corrected chi connectivity index (χ0v) is 15.8. The molecule has 0 unspecified atom stereocenters. The van der Waals surface area contributed by atoms with Gasteiger partial charge in [-0.2, -0.15) is 4.98 Å². The van der Waals surface area contributed by atoms with Crippen LogP contribution in [0.15, 0.2) is 28.9 Å². The summed E-state index contributed by atoms with van der Waals surface area (Å²) in [6.07, 6.45) is 3.80. The highest BCUT2D eigenvalue weighted by Crippen LogP contribution is 2.19. The molecule has 0 N–H and O–H groups in total. The van der Waals surface area contributed by atoms with E-state index in [0.717, 1.165) is 49.9 Å². The number of unbranched alkanes of at least 4 members (excludes halogenated alkanes) is 1. The first kappa shape index (κ1) is 18.2. The molecule has 0 aliphatic carbocycles. The van der Waals surface area contributed by atoms with Gasteiger partial charge in [-0.15, -0.1) is 0 Å². The minimum absolute atomic E-state index is 0.0477. The number of piperazine rings is 1. The van der Waals surface area contributed by atoms with Crippen LogP contribution < -0.4 is 9.80 Å². The van der Waals surface area contributed by atoms with Crippen LogP contribution in [0.25, 0.3) is 0 Å². The van der Waals surface area contributed by atoms with Gasteiger partial charge in [0.05, 0.1) is 6.26 Å². The Hall–Kier alpha value is -2.57. The molecule has 3 heterocycles. The van der Waals surface area contributed by atoms with E-state index in [-0.39, 0.29) is 5.91 Å². The van der Waals surface area contributed by atoms with Crippen molar-refractivity contribution in [2.45, 2.75) is 26.7 Å². The fourth-order valence-corrected chi connectivity index (χ4v) is 3.06. The molecule has 2 aromatic rings. The number of aromatic nitrogens is 2. The number of carbonyl (C=O) groups is 1. The van der Waals surface area contributed by atoms with E-state index in [9.17, 15) is 4.79 Å².